The van der Waals surface area contributed by atoms with Crippen molar-refractivity contribution in [3.05, 3.63) is 59.5 Å². The molecule has 2 aromatic heterocycles. The molecule has 1 aromatic carbocycles. The predicted octanol–water partition coefficient (Wildman–Crippen LogP) is 2.13. The minimum Gasteiger partial charge on any atom is -0.357 e. The molecule has 0 aliphatic rings. The van der Waals surface area contributed by atoms with E-state index < -0.39 is 9.84 Å². The zero-order valence-electron chi connectivity index (χ0n) is 17.6. The fourth-order valence-corrected chi connectivity index (χ4v) is 4.21. The number of aryl methyl sites for hydroxylation is 2. The molecular weight excluding hydrogens is 400 g/mol. The number of fused-ring (bicyclic) bond motifs is 1. The molecule has 2 heterocycles. The minimum absolute atomic E-state index is 0.362. The molecule has 0 aliphatic carbocycles. The van der Waals surface area contributed by atoms with Crippen LogP contribution in [0.3, 0.4) is 0 Å². The van der Waals surface area contributed by atoms with Gasteiger partial charge in [0.15, 0.2) is 21.4 Å². The molecule has 3 rings (SSSR count). The molecule has 160 valence electrons. The lowest BCUT2D eigenvalue weighted by Gasteiger charge is -2.11. The number of nitrogens with zero attached hydrogens (tertiary/aromatic N) is 4. The van der Waals surface area contributed by atoms with E-state index in [1.54, 1.807) is 13.0 Å². The van der Waals surface area contributed by atoms with Crippen molar-refractivity contribution in [2.45, 2.75) is 38.1 Å². The van der Waals surface area contributed by atoms with Crippen molar-refractivity contribution in [1.29, 1.82) is 0 Å². The van der Waals surface area contributed by atoms with E-state index >= 15 is 0 Å². The van der Waals surface area contributed by atoms with Crippen molar-refractivity contribution < 1.29 is 8.42 Å². The number of benzene rings is 1. The monoisotopic (exact) mass is 428 g/mol. The van der Waals surface area contributed by atoms with Crippen LogP contribution in [0.15, 0.2) is 52.5 Å². The Kier molecular flexibility index (Phi) is 7.04. The van der Waals surface area contributed by atoms with Crippen LogP contribution in [0.25, 0.3) is 5.65 Å². The van der Waals surface area contributed by atoms with E-state index in [9.17, 15) is 8.42 Å². The van der Waals surface area contributed by atoms with Crippen LogP contribution >= 0.6 is 0 Å². The summed E-state index contributed by atoms with van der Waals surface area (Å²) in [6.45, 7) is 5.80. The number of aliphatic imine (C=N–C) groups is 1. The lowest BCUT2D eigenvalue weighted by atomic mass is 10.1. The lowest BCUT2D eigenvalue weighted by Crippen LogP contribution is -2.37. The summed E-state index contributed by atoms with van der Waals surface area (Å²) in [6.07, 6.45) is 4.90. The summed E-state index contributed by atoms with van der Waals surface area (Å²) in [4.78, 5) is 4.98. The highest BCUT2D eigenvalue weighted by Gasteiger charge is 2.11. The predicted molar refractivity (Wildman–Crippen MR) is 118 cm³/mol. The van der Waals surface area contributed by atoms with Gasteiger partial charge in [-0.1, -0.05) is 18.2 Å². The first-order valence-electron chi connectivity index (χ1n) is 9.99. The van der Waals surface area contributed by atoms with Gasteiger partial charge in [0.25, 0.3) is 0 Å². The van der Waals surface area contributed by atoms with Gasteiger partial charge in [-0.25, -0.2) is 13.4 Å². The Morgan fingerprint density at radius 2 is 2.00 bits per heavy atom. The summed E-state index contributed by atoms with van der Waals surface area (Å²) in [6, 6.07) is 11.2. The van der Waals surface area contributed by atoms with Crippen molar-refractivity contribution in [1.82, 2.24) is 25.2 Å². The SMILES string of the molecule is CCNC(=NCc1ccc(S(C)(=O)=O)c(C)c1)NCCCc1nnc2ccccn12. The summed E-state index contributed by atoms with van der Waals surface area (Å²) >= 11 is 0. The smallest absolute Gasteiger partial charge is 0.191 e. The van der Waals surface area contributed by atoms with E-state index in [0.29, 0.717) is 11.4 Å². The van der Waals surface area contributed by atoms with Gasteiger partial charge in [-0.2, -0.15) is 0 Å². The normalized spacial score (nSPS) is 12.3. The number of hydrogen-bond donors (Lipinski definition) is 2. The van der Waals surface area contributed by atoms with Crippen molar-refractivity contribution in [3.8, 4) is 0 Å². The van der Waals surface area contributed by atoms with E-state index in [2.05, 4.69) is 25.8 Å². The summed E-state index contributed by atoms with van der Waals surface area (Å²) < 4.78 is 25.5. The standard InChI is InChI=1S/C21H28N6O2S/c1-4-22-21(24-15-17-10-11-18(16(2)14-17)30(3,28)29)23-12-7-9-20-26-25-19-8-5-6-13-27(19)20/h5-6,8,10-11,13-14H,4,7,9,12,15H2,1-3H3,(H2,22,23,24). The molecule has 0 aliphatic heterocycles. The third-order valence-electron chi connectivity index (χ3n) is 4.66. The van der Waals surface area contributed by atoms with Crippen LogP contribution in [0.5, 0.6) is 0 Å². The maximum atomic E-state index is 11.8. The molecule has 0 radical (unpaired) electrons. The van der Waals surface area contributed by atoms with E-state index in [4.69, 9.17) is 0 Å². The Morgan fingerprint density at radius 1 is 1.17 bits per heavy atom. The molecule has 0 unspecified atom stereocenters. The summed E-state index contributed by atoms with van der Waals surface area (Å²) in [5, 5.41) is 15.0. The second kappa shape index (κ2) is 9.71. The quantitative estimate of drug-likeness (QED) is 0.324. The third-order valence-corrected chi connectivity index (χ3v) is 5.91. The Labute approximate surface area is 177 Å². The molecule has 0 spiro atoms. The number of hydrogen-bond acceptors (Lipinski definition) is 5. The molecule has 0 bridgehead atoms. The third kappa shape index (κ3) is 5.56. The second-order valence-electron chi connectivity index (χ2n) is 7.14. The van der Waals surface area contributed by atoms with E-state index in [1.807, 2.05) is 47.9 Å². The Hall–Kier alpha value is -2.94. The van der Waals surface area contributed by atoms with Gasteiger partial charge in [0.05, 0.1) is 11.4 Å². The molecule has 2 N–H and O–H groups in total. The van der Waals surface area contributed by atoms with Crippen LogP contribution < -0.4 is 10.6 Å². The van der Waals surface area contributed by atoms with Gasteiger partial charge in [-0.05, 0) is 49.6 Å². The summed E-state index contributed by atoms with van der Waals surface area (Å²) in [5.41, 5.74) is 2.56. The van der Waals surface area contributed by atoms with Gasteiger partial charge in [-0.15, -0.1) is 10.2 Å². The zero-order chi connectivity index (χ0) is 21.6. The van der Waals surface area contributed by atoms with Crippen LogP contribution in [-0.4, -0.2) is 48.3 Å². The molecule has 8 nitrogen and oxygen atoms in total. The molecular formula is C21H28N6O2S. The number of sulfone groups is 1. The highest BCUT2D eigenvalue weighted by Crippen LogP contribution is 2.17. The average Bonchev–Trinajstić information content (AvgIpc) is 3.11. The first-order valence-corrected chi connectivity index (χ1v) is 11.9. The maximum Gasteiger partial charge on any atom is 0.191 e. The van der Waals surface area contributed by atoms with Crippen LogP contribution in [0, 0.1) is 6.92 Å². The molecule has 0 atom stereocenters. The Balaban J connectivity index is 1.56. The Bertz CT molecular complexity index is 1140. The van der Waals surface area contributed by atoms with Crippen LogP contribution in [-0.2, 0) is 22.8 Å². The molecule has 30 heavy (non-hydrogen) atoms. The summed E-state index contributed by atoms with van der Waals surface area (Å²) in [7, 11) is -3.21. The number of pyridine rings is 1. The average molecular weight is 429 g/mol. The molecule has 9 heteroatoms. The van der Waals surface area contributed by atoms with Crippen LogP contribution in [0.2, 0.25) is 0 Å². The lowest BCUT2D eigenvalue weighted by molar-refractivity contribution is 0.601. The fraction of sp³-hybridized carbons (Fsp3) is 0.381. The fourth-order valence-electron chi connectivity index (χ4n) is 3.25. The molecule has 0 amide bonds. The molecule has 0 saturated carbocycles. The van der Waals surface area contributed by atoms with Crippen LogP contribution in [0.4, 0.5) is 0 Å². The molecule has 0 fully saturated rings. The van der Waals surface area contributed by atoms with Gasteiger partial charge >= 0.3 is 0 Å². The van der Waals surface area contributed by atoms with Gasteiger partial charge < -0.3 is 10.6 Å². The molecule has 3 aromatic rings. The maximum absolute atomic E-state index is 11.8. The number of nitrogens with one attached hydrogen (secondary N) is 2. The van der Waals surface area contributed by atoms with Crippen molar-refractivity contribution >= 4 is 21.4 Å². The van der Waals surface area contributed by atoms with Crippen LogP contribution in [0.1, 0.15) is 30.3 Å². The van der Waals surface area contributed by atoms with E-state index in [1.165, 1.54) is 6.26 Å². The largest absolute Gasteiger partial charge is 0.357 e. The van der Waals surface area contributed by atoms with Gasteiger partial charge in [0.1, 0.15) is 5.82 Å². The highest BCUT2D eigenvalue weighted by atomic mass is 32.2. The van der Waals surface area contributed by atoms with Crippen molar-refractivity contribution in [3.63, 3.8) is 0 Å². The number of guanidine groups is 1. The topological polar surface area (TPSA) is 101 Å². The zero-order valence-corrected chi connectivity index (χ0v) is 18.4. The van der Waals surface area contributed by atoms with E-state index in [-0.39, 0.29) is 0 Å². The minimum atomic E-state index is -3.21. The first-order chi connectivity index (χ1) is 14.4. The van der Waals surface area contributed by atoms with Gasteiger partial charge in [0.2, 0.25) is 0 Å². The van der Waals surface area contributed by atoms with Gasteiger partial charge in [0, 0.05) is 32.0 Å². The van der Waals surface area contributed by atoms with Crippen molar-refractivity contribution in [2.24, 2.45) is 4.99 Å². The van der Waals surface area contributed by atoms with E-state index in [0.717, 1.165) is 54.5 Å². The van der Waals surface area contributed by atoms with Gasteiger partial charge in [-0.3, -0.25) is 4.40 Å². The number of aromatic nitrogens is 3. The Morgan fingerprint density at radius 3 is 2.73 bits per heavy atom. The highest BCUT2D eigenvalue weighted by molar-refractivity contribution is 7.90. The molecule has 0 saturated heterocycles. The van der Waals surface area contributed by atoms with Crippen molar-refractivity contribution in [2.75, 3.05) is 19.3 Å². The number of rotatable bonds is 8. The first kappa shape index (κ1) is 21.8. The summed E-state index contributed by atoms with van der Waals surface area (Å²) in [5.74, 6) is 1.67. The second-order valence-corrected chi connectivity index (χ2v) is 9.13.